The zero-order chi connectivity index (χ0) is 16.1. The molecule has 0 radical (unpaired) electrons. The highest BCUT2D eigenvalue weighted by molar-refractivity contribution is 5.87. The zero-order valence-electron chi connectivity index (χ0n) is 11.9. The molecule has 0 bridgehead atoms. The Bertz CT molecular complexity index is 605. The van der Waals surface area contributed by atoms with Crippen molar-refractivity contribution in [2.45, 2.75) is 19.4 Å². The number of carbonyl (C=O) groups is 3. The van der Waals surface area contributed by atoms with Crippen molar-refractivity contribution in [1.82, 2.24) is 5.32 Å². The summed E-state index contributed by atoms with van der Waals surface area (Å²) in [6, 6.07) is 6.18. The van der Waals surface area contributed by atoms with Gasteiger partial charge in [0.15, 0.2) is 0 Å². The number of aromatic carboxylic acids is 1. The van der Waals surface area contributed by atoms with Crippen molar-refractivity contribution in [2.24, 2.45) is 11.8 Å². The second kappa shape index (κ2) is 6.89. The number of allylic oxidation sites excluding steroid dienone is 2. The molecule has 2 rings (SSSR count). The summed E-state index contributed by atoms with van der Waals surface area (Å²) < 4.78 is 0. The molecule has 1 amide bonds. The predicted octanol–water partition coefficient (Wildman–Crippen LogP) is 1.67. The van der Waals surface area contributed by atoms with Crippen LogP contribution in [0.3, 0.4) is 0 Å². The average Bonchev–Trinajstić information content (AvgIpc) is 2.53. The lowest BCUT2D eigenvalue weighted by molar-refractivity contribution is -0.147. The number of carboxylic acid groups (broad SMARTS) is 2. The summed E-state index contributed by atoms with van der Waals surface area (Å²) in [6.07, 6.45) is 4.39. The molecule has 0 aliphatic heterocycles. The normalized spacial score (nSPS) is 20.4. The Morgan fingerprint density at radius 2 is 1.59 bits per heavy atom. The molecule has 116 valence electrons. The number of hydrogen-bond acceptors (Lipinski definition) is 3. The summed E-state index contributed by atoms with van der Waals surface area (Å²) in [4.78, 5) is 34.1. The standard InChI is InChI=1S/C16H17NO5/c18-14(12-3-1-2-4-13(12)16(21)22)17-9-10-5-7-11(8-6-10)15(19)20/h1-2,5-8,12-13H,3-4,9H2,(H,17,18)(H,19,20)(H,21,22)/t12-,13-/m1/s1. The fourth-order valence-corrected chi connectivity index (χ4v) is 2.46. The van der Waals surface area contributed by atoms with Crippen LogP contribution >= 0.6 is 0 Å². The summed E-state index contributed by atoms with van der Waals surface area (Å²) >= 11 is 0. The molecule has 1 aromatic carbocycles. The van der Waals surface area contributed by atoms with Gasteiger partial charge >= 0.3 is 11.9 Å². The van der Waals surface area contributed by atoms with Gasteiger partial charge in [-0.2, -0.15) is 0 Å². The lowest BCUT2D eigenvalue weighted by Gasteiger charge is -2.24. The number of aliphatic carboxylic acids is 1. The van der Waals surface area contributed by atoms with Gasteiger partial charge in [-0.1, -0.05) is 24.3 Å². The Morgan fingerprint density at radius 1 is 1.00 bits per heavy atom. The number of carbonyl (C=O) groups excluding carboxylic acids is 1. The first-order chi connectivity index (χ1) is 10.5. The minimum atomic E-state index is -1.01. The van der Waals surface area contributed by atoms with Gasteiger partial charge in [-0.05, 0) is 30.5 Å². The maximum absolute atomic E-state index is 12.2. The van der Waals surface area contributed by atoms with E-state index in [1.807, 2.05) is 6.08 Å². The van der Waals surface area contributed by atoms with Gasteiger partial charge in [0.25, 0.3) is 0 Å². The molecule has 0 saturated heterocycles. The van der Waals surface area contributed by atoms with E-state index in [-0.39, 0.29) is 18.0 Å². The molecule has 2 atom stereocenters. The van der Waals surface area contributed by atoms with Gasteiger partial charge in [0, 0.05) is 6.54 Å². The molecule has 0 saturated carbocycles. The van der Waals surface area contributed by atoms with Crippen molar-refractivity contribution in [3.05, 3.63) is 47.5 Å². The van der Waals surface area contributed by atoms with Crippen LogP contribution < -0.4 is 5.32 Å². The summed E-state index contributed by atoms with van der Waals surface area (Å²) in [5.41, 5.74) is 0.940. The van der Waals surface area contributed by atoms with Crippen LogP contribution in [0.2, 0.25) is 0 Å². The van der Waals surface area contributed by atoms with E-state index in [4.69, 9.17) is 10.2 Å². The van der Waals surface area contributed by atoms with Crippen LogP contribution in [-0.2, 0) is 16.1 Å². The van der Waals surface area contributed by atoms with Crippen LogP contribution in [0.25, 0.3) is 0 Å². The highest BCUT2D eigenvalue weighted by Gasteiger charge is 2.33. The molecule has 1 aromatic rings. The van der Waals surface area contributed by atoms with Crippen LogP contribution in [0.5, 0.6) is 0 Å². The average molecular weight is 303 g/mol. The van der Waals surface area contributed by atoms with E-state index in [2.05, 4.69) is 5.32 Å². The van der Waals surface area contributed by atoms with Crippen LogP contribution in [0.4, 0.5) is 0 Å². The molecule has 0 aromatic heterocycles. The van der Waals surface area contributed by atoms with Crippen molar-refractivity contribution in [3.8, 4) is 0 Å². The third-order valence-corrected chi connectivity index (χ3v) is 3.75. The molecule has 1 aliphatic carbocycles. The van der Waals surface area contributed by atoms with Gasteiger partial charge in [0.2, 0.25) is 5.91 Å². The van der Waals surface area contributed by atoms with Crippen molar-refractivity contribution in [2.75, 3.05) is 0 Å². The van der Waals surface area contributed by atoms with E-state index < -0.39 is 23.8 Å². The van der Waals surface area contributed by atoms with E-state index in [1.165, 1.54) is 12.1 Å². The van der Waals surface area contributed by atoms with Crippen molar-refractivity contribution in [1.29, 1.82) is 0 Å². The molecular weight excluding hydrogens is 286 g/mol. The predicted molar refractivity (Wildman–Crippen MR) is 78.2 cm³/mol. The number of carboxylic acids is 2. The topological polar surface area (TPSA) is 104 Å². The highest BCUT2D eigenvalue weighted by atomic mass is 16.4. The highest BCUT2D eigenvalue weighted by Crippen LogP contribution is 2.26. The molecule has 3 N–H and O–H groups in total. The Morgan fingerprint density at radius 3 is 2.14 bits per heavy atom. The summed E-state index contributed by atoms with van der Waals surface area (Å²) in [5.74, 6) is -3.52. The molecule has 22 heavy (non-hydrogen) atoms. The Labute approximate surface area is 127 Å². The first kappa shape index (κ1) is 15.8. The monoisotopic (exact) mass is 303 g/mol. The fourth-order valence-electron chi connectivity index (χ4n) is 2.46. The quantitative estimate of drug-likeness (QED) is 0.718. The smallest absolute Gasteiger partial charge is 0.335 e. The Hall–Kier alpha value is -2.63. The SMILES string of the molecule is O=C(O)c1ccc(CNC(=O)[C@@H]2CC=CC[C@H]2C(=O)O)cc1. The van der Waals surface area contributed by atoms with Gasteiger partial charge in [-0.3, -0.25) is 9.59 Å². The zero-order valence-corrected chi connectivity index (χ0v) is 11.9. The summed E-state index contributed by atoms with van der Waals surface area (Å²) in [7, 11) is 0. The number of nitrogens with one attached hydrogen (secondary N) is 1. The van der Waals surface area contributed by atoms with E-state index >= 15 is 0 Å². The van der Waals surface area contributed by atoms with E-state index in [9.17, 15) is 14.4 Å². The van der Waals surface area contributed by atoms with Crippen LogP contribution in [-0.4, -0.2) is 28.1 Å². The second-order valence-corrected chi connectivity index (χ2v) is 5.21. The number of amides is 1. The first-order valence-corrected chi connectivity index (χ1v) is 6.97. The maximum atomic E-state index is 12.2. The first-order valence-electron chi connectivity index (χ1n) is 6.97. The van der Waals surface area contributed by atoms with Gasteiger partial charge < -0.3 is 15.5 Å². The van der Waals surface area contributed by atoms with Crippen LogP contribution in [0, 0.1) is 11.8 Å². The van der Waals surface area contributed by atoms with Crippen LogP contribution in [0.1, 0.15) is 28.8 Å². The van der Waals surface area contributed by atoms with Gasteiger partial charge in [-0.15, -0.1) is 0 Å². The number of hydrogen-bond donors (Lipinski definition) is 3. The van der Waals surface area contributed by atoms with Crippen molar-refractivity contribution < 1.29 is 24.6 Å². The number of benzene rings is 1. The lowest BCUT2D eigenvalue weighted by atomic mass is 9.82. The van der Waals surface area contributed by atoms with Crippen molar-refractivity contribution >= 4 is 17.8 Å². The fraction of sp³-hybridized carbons (Fsp3) is 0.312. The Kier molecular flexibility index (Phi) is 4.93. The molecule has 0 fully saturated rings. The Balaban J connectivity index is 1.95. The molecule has 0 spiro atoms. The lowest BCUT2D eigenvalue weighted by Crippen LogP contribution is -2.38. The summed E-state index contributed by atoms with van der Waals surface area (Å²) in [6.45, 7) is 0.241. The largest absolute Gasteiger partial charge is 0.481 e. The summed E-state index contributed by atoms with van der Waals surface area (Å²) in [5, 5.41) is 20.7. The minimum absolute atomic E-state index is 0.179. The van der Waals surface area contributed by atoms with Gasteiger partial charge in [-0.25, -0.2) is 4.79 Å². The minimum Gasteiger partial charge on any atom is -0.481 e. The van der Waals surface area contributed by atoms with E-state index in [0.29, 0.717) is 12.8 Å². The third-order valence-electron chi connectivity index (χ3n) is 3.75. The number of rotatable bonds is 5. The van der Waals surface area contributed by atoms with Gasteiger partial charge in [0.1, 0.15) is 0 Å². The molecule has 1 aliphatic rings. The van der Waals surface area contributed by atoms with Crippen molar-refractivity contribution in [3.63, 3.8) is 0 Å². The maximum Gasteiger partial charge on any atom is 0.335 e. The molecular formula is C16H17NO5. The van der Waals surface area contributed by atoms with Crippen LogP contribution in [0.15, 0.2) is 36.4 Å². The second-order valence-electron chi connectivity index (χ2n) is 5.21. The third kappa shape index (κ3) is 3.72. The van der Waals surface area contributed by atoms with Gasteiger partial charge in [0.05, 0.1) is 17.4 Å². The molecule has 6 heteroatoms. The molecule has 6 nitrogen and oxygen atoms in total. The molecule has 0 unspecified atom stereocenters. The van der Waals surface area contributed by atoms with E-state index in [1.54, 1.807) is 18.2 Å². The molecule has 0 heterocycles. The van der Waals surface area contributed by atoms with E-state index in [0.717, 1.165) is 5.56 Å².